The molecule has 1 atom stereocenters. The quantitative estimate of drug-likeness (QED) is 0.866. The van der Waals surface area contributed by atoms with Crippen LogP contribution in [0.3, 0.4) is 0 Å². The summed E-state index contributed by atoms with van der Waals surface area (Å²) < 4.78 is 6.45. The highest BCUT2D eigenvalue weighted by molar-refractivity contribution is 9.10. The minimum atomic E-state index is 0.396. The number of nitrogens with two attached hydrogens (primary N) is 1. The maximum Gasteiger partial charge on any atom is 0.0710 e. The molecule has 0 aliphatic carbocycles. The maximum absolute atomic E-state index is 5.72. The van der Waals surface area contributed by atoms with Gasteiger partial charge >= 0.3 is 0 Å². The highest BCUT2D eigenvalue weighted by Crippen LogP contribution is 2.23. The number of methoxy groups -OCH3 is 1. The number of rotatable bonds is 3. The van der Waals surface area contributed by atoms with Crippen LogP contribution in [0.15, 0.2) is 22.7 Å². The van der Waals surface area contributed by atoms with Crippen LogP contribution >= 0.6 is 15.9 Å². The zero-order valence-electron chi connectivity index (χ0n) is 9.45. The summed E-state index contributed by atoms with van der Waals surface area (Å²) in [7, 11) is 1.79. The van der Waals surface area contributed by atoms with E-state index >= 15 is 0 Å². The summed E-state index contributed by atoms with van der Waals surface area (Å²) in [6.07, 6.45) is 1.52. The summed E-state index contributed by atoms with van der Waals surface area (Å²) in [6, 6.07) is 5.99. The molecule has 0 amide bonds. The first-order chi connectivity index (χ1) is 7.69. The average molecular weight is 285 g/mol. The van der Waals surface area contributed by atoms with Crippen LogP contribution in [0.4, 0.5) is 5.69 Å². The summed E-state index contributed by atoms with van der Waals surface area (Å²) in [5.74, 6) is 0. The second kappa shape index (κ2) is 5.17. The number of nitrogens with zero attached hydrogens (tertiary/aromatic N) is 1. The van der Waals surface area contributed by atoms with Crippen LogP contribution in [-0.4, -0.2) is 31.2 Å². The summed E-state index contributed by atoms with van der Waals surface area (Å²) in [4.78, 5) is 2.41. The van der Waals surface area contributed by atoms with E-state index in [2.05, 4.69) is 26.9 Å². The molecule has 0 bridgehead atoms. The largest absolute Gasteiger partial charge is 0.399 e. The highest BCUT2D eigenvalue weighted by atomic mass is 79.9. The first-order valence-electron chi connectivity index (χ1n) is 5.48. The van der Waals surface area contributed by atoms with E-state index in [1.807, 2.05) is 12.1 Å². The molecule has 88 valence electrons. The first-order valence-corrected chi connectivity index (χ1v) is 6.27. The van der Waals surface area contributed by atoms with Gasteiger partial charge in [0.15, 0.2) is 0 Å². The van der Waals surface area contributed by atoms with Gasteiger partial charge in [-0.15, -0.1) is 0 Å². The number of nitrogen functional groups attached to an aromatic ring is 1. The van der Waals surface area contributed by atoms with Gasteiger partial charge in [0.05, 0.1) is 6.10 Å². The van der Waals surface area contributed by atoms with Crippen molar-refractivity contribution >= 4 is 21.6 Å². The molecule has 1 fully saturated rings. The second-order valence-electron chi connectivity index (χ2n) is 4.23. The smallest absolute Gasteiger partial charge is 0.0710 e. The third-order valence-electron chi connectivity index (χ3n) is 3.03. The molecule has 1 unspecified atom stereocenters. The topological polar surface area (TPSA) is 38.5 Å². The van der Waals surface area contributed by atoms with E-state index in [-0.39, 0.29) is 0 Å². The van der Waals surface area contributed by atoms with Gasteiger partial charge in [0, 0.05) is 36.9 Å². The van der Waals surface area contributed by atoms with Gasteiger partial charge in [-0.1, -0.05) is 22.0 Å². The molecular weight excluding hydrogens is 268 g/mol. The standard InChI is InChI=1S/C12H17BrN2O/c1-16-11-4-5-15(8-11)7-9-2-3-10(14)6-12(9)13/h2-3,6,11H,4-5,7-8,14H2,1H3. The zero-order valence-corrected chi connectivity index (χ0v) is 11.0. The van der Waals surface area contributed by atoms with Crippen molar-refractivity contribution in [2.45, 2.75) is 19.1 Å². The number of ether oxygens (including phenoxy) is 1. The van der Waals surface area contributed by atoms with Crippen LogP contribution in [0.1, 0.15) is 12.0 Å². The lowest BCUT2D eigenvalue weighted by molar-refractivity contribution is 0.107. The van der Waals surface area contributed by atoms with Gasteiger partial charge in [0.25, 0.3) is 0 Å². The third kappa shape index (κ3) is 2.75. The summed E-state index contributed by atoms with van der Waals surface area (Å²) >= 11 is 3.55. The predicted octanol–water partition coefficient (Wildman–Crippen LogP) is 2.25. The Balaban J connectivity index is 1.99. The number of likely N-dealkylation sites (tertiary alicyclic amines) is 1. The Morgan fingerprint density at radius 2 is 2.38 bits per heavy atom. The Hall–Kier alpha value is -0.580. The Bertz CT molecular complexity index is 370. The van der Waals surface area contributed by atoms with E-state index in [4.69, 9.17) is 10.5 Å². The Morgan fingerprint density at radius 3 is 3.00 bits per heavy atom. The molecule has 0 aromatic heterocycles. The number of halogens is 1. The van der Waals surface area contributed by atoms with E-state index in [1.54, 1.807) is 7.11 Å². The third-order valence-corrected chi connectivity index (χ3v) is 3.77. The van der Waals surface area contributed by atoms with Crippen LogP contribution in [0, 0.1) is 0 Å². The van der Waals surface area contributed by atoms with Crippen molar-refractivity contribution in [1.29, 1.82) is 0 Å². The molecule has 0 saturated carbocycles. The van der Waals surface area contributed by atoms with Crippen molar-refractivity contribution < 1.29 is 4.74 Å². The van der Waals surface area contributed by atoms with Gasteiger partial charge in [-0.2, -0.15) is 0 Å². The van der Waals surface area contributed by atoms with E-state index in [0.29, 0.717) is 6.10 Å². The van der Waals surface area contributed by atoms with E-state index in [1.165, 1.54) is 5.56 Å². The number of hydrogen-bond donors (Lipinski definition) is 1. The number of anilines is 1. The fourth-order valence-electron chi connectivity index (χ4n) is 2.07. The van der Waals surface area contributed by atoms with Crippen molar-refractivity contribution in [3.8, 4) is 0 Å². The van der Waals surface area contributed by atoms with E-state index in [9.17, 15) is 0 Å². The van der Waals surface area contributed by atoms with Crippen molar-refractivity contribution in [2.24, 2.45) is 0 Å². The second-order valence-corrected chi connectivity index (χ2v) is 5.09. The molecule has 1 aliphatic heterocycles. The summed E-state index contributed by atoms with van der Waals surface area (Å²) in [6.45, 7) is 3.09. The Kier molecular flexibility index (Phi) is 3.84. The molecule has 0 radical (unpaired) electrons. The SMILES string of the molecule is COC1CCN(Cc2ccc(N)cc2Br)C1. The molecule has 1 aromatic carbocycles. The molecule has 1 aromatic rings. The molecule has 2 rings (SSSR count). The molecule has 0 spiro atoms. The van der Waals surface area contributed by atoms with Gasteiger partial charge in [-0.05, 0) is 24.1 Å². The van der Waals surface area contributed by atoms with Crippen LogP contribution in [0.2, 0.25) is 0 Å². The molecule has 4 heteroatoms. The molecule has 3 nitrogen and oxygen atoms in total. The molecule has 2 N–H and O–H groups in total. The lowest BCUT2D eigenvalue weighted by Gasteiger charge is -2.16. The molecule has 1 aliphatic rings. The molecule has 1 heterocycles. The highest BCUT2D eigenvalue weighted by Gasteiger charge is 2.22. The fraction of sp³-hybridized carbons (Fsp3) is 0.500. The fourth-order valence-corrected chi connectivity index (χ4v) is 2.59. The minimum Gasteiger partial charge on any atom is -0.399 e. The monoisotopic (exact) mass is 284 g/mol. The average Bonchev–Trinajstić information content (AvgIpc) is 2.70. The van der Waals surface area contributed by atoms with Gasteiger partial charge < -0.3 is 10.5 Å². The summed E-state index contributed by atoms with van der Waals surface area (Å²) in [5.41, 5.74) is 7.80. The van der Waals surface area contributed by atoms with Crippen LogP contribution < -0.4 is 5.73 Å². The van der Waals surface area contributed by atoms with Gasteiger partial charge in [-0.25, -0.2) is 0 Å². The van der Waals surface area contributed by atoms with Crippen LogP contribution in [-0.2, 0) is 11.3 Å². The van der Waals surface area contributed by atoms with E-state index < -0.39 is 0 Å². The van der Waals surface area contributed by atoms with Crippen molar-refractivity contribution in [2.75, 3.05) is 25.9 Å². The van der Waals surface area contributed by atoms with Gasteiger partial charge in [-0.3, -0.25) is 4.90 Å². The van der Waals surface area contributed by atoms with Gasteiger partial charge in [0.2, 0.25) is 0 Å². The minimum absolute atomic E-state index is 0.396. The summed E-state index contributed by atoms with van der Waals surface area (Å²) in [5, 5.41) is 0. The molecule has 16 heavy (non-hydrogen) atoms. The van der Waals surface area contributed by atoms with Crippen molar-refractivity contribution in [1.82, 2.24) is 4.90 Å². The van der Waals surface area contributed by atoms with E-state index in [0.717, 1.165) is 36.2 Å². The normalized spacial score (nSPS) is 21.5. The lowest BCUT2D eigenvalue weighted by Crippen LogP contribution is -2.22. The molecular formula is C12H17BrN2O. The Labute approximate surface area is 105 Å². The lowest BCUT2D eigenvalue weighted by atomic mass is 10.2. The van der Waals surface area contributed by atoms with Crippen LogP contribution in [0.5, 0.6) is 0 Å². The first kappa shape index (κ1) is 11.9. The molecule has 1 saturated heterocycles. The zero-order chi connectivity index (χ0) is 11.5. The van der Waals surface area contributed by atoms with Crippen LogP contribution in [0.25, 0.3) is 0 Å². The number of hydrogen-bond acceptors (Lipinski definition) is 3. The maximum atomic E-state index is 5.72. The number of benzene rings is 1. The van der Waals surface area contributed by atoms with Gasteiger partial charge in [0.1, 0.15) is 0 Å². The Morgan fingerprint density at radius 1 is 1.56 bits per heavy atom. The van der Waals surface area contributed by atoms with Crippen molar-refractivity contribution in [3.05, 3.63) is 28.2 Å². The predicted molar refractivity (Wildman–Crippen MR) is 69.2 cm³/mol. The van der Waals surface area contributed by atoms with Crippen molar-refractivity contribution in [3.63, 3.8) is 0 Å².